The first-order chi connectivity index (χ1) is 14.3. The van der Waals surface area contributed by atoms with E-state index in [1.807, 2.05) is 6.92 Å². The van der Waals surface area contributed by atoms with Crippen LogP contribution in [0.3, 0.4) is 0 Å². The highest BCUT2D eigenvalue weighted by Crippen LogP contribution is 2.37. The summed E-state index contributed by atoms with van der Waals surface area (Å²) in [5, 5.41) is 6.62. The van der Waals surface area contributed by atoms with Crippen LogP contribution in [0.1, 0.15) is 50.7 Å². The standard InChI is InChI=1S/C22H32F3N3O2/c1-3-26-19(27-15-20(2)8-5-11-30-20)28-16-21(9-12-29-13-10-21)17-6-4-7-18(14-17)22(23,24)25/h4,6-7,14H,3,5,8-13,15-16H2,1-2H3,(H2,26,27,28). The van der Waals surface area contributed by atoms with Crippen molar-refractivity contribution in [3.05, 3.63) is 35.4 Å². The lowest BCUT2D eigenvalue weighted by Crippen LogP contribution is -2.48. The highest BCUT2D eigenvalue weighted by Gasteiger charge is 2.37. The Labute approximate surface area is 176 Å². The zero-order valence-electron chi connectivity index (χ0n) is 17.8. The van der Waals surface area contributed by atoms with E-state index in [1.165, 1.54) is 12.1 Å². The normalized spacial score (nSPS) is 24.6. The fourth-order valence-electron chi connectivity index (χ4n) is 4.16. The molecule has 0 saturated carbocycles. The molecule has 1 atom stereocenters. The number of guanidine groups is 1. The van der Waals surface area contributed by atoms with Crippen LogP contribution in [-0.4, -0.2) is 51.0 Å². The molecule has 30 heavy (non-hydrogen) atoms. The Morgan fingerprint density at radius 3 is 2.53 bits per heavy atom. The monoisotopic (exact) mass is 427 g/mol. The van der Waals surface area contributed by atoms with Crippen molar-refractivity contribution < 1.29 is 22.6 Å². The summed E-state index contributed by atoms with van der Waals surface area (Å²) < 4.78 is 51.2. The third-order valence-electron chi connectivity index (χ3n) is 6.06. The van der Waals surface area contributed by atoms with Crippen LogP contribution >= 0.6 is 0 Å². The number of alkyl halides is 3. The summed E-state index contributed by atoms with van der Waals surface area (Å²) in [6, 6.07) is 5.69. The minimum atomic E-state index is -4.36. The number of hydrogen-bond donors (Lipinski definition) is 2. The summed E-state index contributed by atoms with van der Waals surface area (Å²) in [7, 11) is 0. The molecule has 2 fully saturated rings. The van der Waals surface area contributed by atoms with Gasteiger partial charge in [0, 0.05) is 38.3 Å². The summed E-state index contributed by atoms with van der Waals surface area (Å²) in [5.41, 5.74) is -0.615. The van der Waals surface area contributed by atoms with Crippen molar-refractivity contribution in [3.8, 4) is 0 Å². The van der Waals surface area contributed by atoms with Gasteiger partial charge in [0.05, 0.1) is 17.7 Å². The van der Waals surface area contributed by atoms with E-state index in [0.717, 1.165) is 25.5 Å². The molecule has 2 N–H and O–H groups in total. The van der Waals surface area contributed by atoms with E-state index in [-0.39, 0.29) is 5.60 Å². The number of rotatable bonds is 6. The molecule has 2 heterocycles. The van der Waals surface area contributed by atoms with Gasteiger partial charge in [-0.05, 0) is 51.2 Å². The Morgan fingerprint density at radius 1 is 1.13 bits per heavy atom. The maximum absolute atomic E-state index is 13.3. The molecule has 1 aromatic rings. The maximum atomic E-state index is 13.3. The average molecular weight is 428 g/mol. The molecule has 168 valence electrons. The average Bonchev–Trinajstić information content (AvgIpc) is 3.17. The van der Waals surface area contributed by atoms with E-state index >= 15 is 0 Å². The van der Waals surface area contributed by atoms with Crippen LogP contribution in [0.15, 0.2) is 29.3 Å². The van der Waals surface area contributed by atoms with Gasteiger partial charge in [-0.25, -0.2) is 0 Å². The number of nitrogens with one attached hydrogen (secondary N) is 2. The molecule has 0 amide bonds. The molecule has 8 heteroatoms. The van der Waals surface area contributed by atoms with E-state index in [2.05, 4.69) is 17.6 Å². The second-order valence-corrected chi connectivity index (χ2v) is 8.42. The number of hydrogen-bond acceptors (Lipinski definition) is 3. The molecule has 3 rings (SSSR count). The number of nitrogens with zero attached hydrogens (tertiary/aromatic N) is 1. The molecule has 2 aliphatic heterocycles. The van der Waals surface area contributed by atoms with Gasteiger partial charge in [-0.3, -0.25) is 4.99 Å². The van der Waals surface area contributed by atoms with Gasteiger partial charge < -0.3 is 20.1 Å². The summed E-state index contributed by atoms with van der Waals surface area (Å²) in [6.07, 6.45) is -1.04. The quantitative estimate of drug-likeness (QED) is 0.535. The molecule has 0 aromatic heterocycles. The Balaban J connectivity index is 1.78. The zero-order valence-corrected chi connectivity index (χ0v) is 17.8. The van der Waals surface area contributed by atoms with Gasteiger partial charge in [-0.2, -0.15) is 13.2 Å². The molecular formula is C22H32F3N3O2. The van der Waals surface area contributed by atoms with Crippen LogP contribution in [0, 0.1) is 0 Å². The van der Waals surface area contributed by atoms with Crippen LogP contribution in [0.5, 0.6) is 0 Å². The van der Waals surface area contributed by atoms with Crippen molar-refractivity contribution in [3.63, 3.8) is 0 Å². The summed E-state index contributed by atoms with van der Waals surface area (Å²) in [4.78, 5) is 4.69. The SMILES string of the molecule is CCNC(=NCC1(C)CCCO1)NCC1(c2cccc(C(F)(F)F)c2)CCOCC1. The predicted octanol–water partition coefficient (Wildman–Crippen LogP) is 3.88. The van der Waals surface area contributed by atoms with Gasteiger partial charge in [0.15, 0.2) is 5.96 Å². The molecule has 2 saturated heterocycles. The third-order valence-corrected chi connectivity index (χ3v) is 6.06. The first kappa shape index (κ1) is 22.9. The molecule has 1 unspecified atom stereocenters. The summed E-state index contributed by atoms with van der Waals surface area (Å²) >= 11 is 0. The van der Waals surface area contributed by atoms with Crippen molar-refractivity contribution in [2.24, 2.45) is 4.99 Å². The predicted molar refractivity (Wildman–Crippen MR) is 111 cm³/mol. The lowest BCUT2D eigenvalue weighted by atomic mass is 9.73. The van der Waals surface area contributed by atoms with E-state index in [0.29, 0.717) is 57.2 Å². The largest absolute Gasteiger partial charge is 0.416 e. The minimum Gasteiger partial charge on any atom is -0.381 e. The van der Waals surface area contributed by atoms with E-state index in [1.54, 1.807) is 6.07 Å². The first-order valence-electron chi connectivity index (χ1n) is 10.7. The first-order valence-corrected chi connectivity index (χ1v) is 10.7. The van der Waals surface area contributed by atoms with Gasteiger partial charge in [-0.1, -0.05) is 18.2 Å². The molecule has 0 bridgehead atoms. The van der Waals surface area contributed by atoms with Crippen molar-refractivity contribution >= 4 is 5.96 Å². The topological polar surface area (TPSA) is 54.9 Å². The van der Waals surface area contributed by atoms with Crippen molar-refractivity contribution in [1.29, 1.82) is 0 Å². The van der Waals surface area contributed by atoms with Gasteiger partial charge >= 0.3 is 6.18 Å². The van der Waals surface area contributed by atoms with Crippen LogP contribution in [0.2, 0.25) is 0 Å². The summed E-state index contributed by atoms with van der Waals surface area (Å²) in [6.45, 7) is 7.59. The van der Waals surface area contributed by atoms with Crippen LogP contribution in [0.25, 0.3) is 0 Å². The smallest absolute Gasteiger partial charge is 0.381 e. The highest BCUT2D eigenvalue weighted by molar-refractivity contribution is 5.80. The molecular weight excluding hydrogens is 395 g/mol. The van der Waals surface area contributed by atoms with E-state index < -0.39 is 17.2 Å². The second kappa shape index (κ2) is 9.56. The van der Waals surface area contributed by atoms with Gasteiger partial charge in [-0.15, -0.1) is 0 Å². The van der Waals surface area contributed by atoms with Gasteiger partial charge in [0.2, 0.25) is 0 Å². The number of halogens is 3. The van der Waals surface area contributed by atoms with Gasteiger partial charge in [0.25, 0.3) is 0 Å². The molecule has 2 aliphatic rings. The third kappa shape index (κ3) is 5.66. The Morgan fingerprint density at radius 2 is 1.90 bits per heavy atom. The molecule has 1 aromatic carbocycles. The molecule has 0 radical (unpaired) electrons. The number of aliphatic imine (C=N–C) groups is 1. The van der Waals surface area contributed by atoms with Gasteiger partial charge in [0.1, 0.15) is 0 Å². The van der Waals surface area contributed by atoms with Crippen molar-refractivity contribution in [1.82, 2.24) is 10.6 Å². The maximum Gasteiger partial charge on any atom is 0.416 e. The fraction of sp³-hybridized carbons (Fsp3) is 0.682. The van der Waals surface area contributed by atoms with E-state index in [4.69, 9.17) is 14.5 Å². The lowest BCUT2D eigenvalue weighted by Gasteiger charge is -2.38. The minimum absolute atomic E-state index is 0.250. The Hall–Kier alpha value is -1.80. The van der Waals surface area contributed by atoms with Crippen LogP contribution in [0.4, 0.5) is 13.2 Å². The number of benzene rings is 1. The van der Waals surface area contributed by atoms with Crippen LogP contribution in [-0.2, 0) is 21.1 Å². The lowest BCUT2D eigenvalue weighted by molar-refractivity contribution is -0.137. The second-order valence-electron chi connectivity index (χ2n) is 8.42. The number of ether oxygens (including phenoxy) is 2. The van der Waals surface area contributed by atoms with Crippen molar-refractivity contribution in [2.45, 2.75) is 56.7 Å². The molecule has 5 nitrogen and oxygen atoms in total. The Bertz CT molecular complexity index is 725. The van der Waals surface area contributed by atoms with E-state index in [9.17, 15) is 13.2 Å². The Kier molecular flexibility index (Phi) is 7.29. The van der Waals surface area contributed by atoms with Crippen LogP contribution < -0.4 is 10.6 Å². The molecule has 0 spiro atoms. The zero-order chi connectivity index (χ0) is 21.7. The molecule has 0 aliphatic carbocycles. The van der Waals surface area contributed by atoms with Crippen molar-refractivity contribution in [2.75, 3.05) is 39.5 Å². The highest BCUT2D eigenvalue weighted by atomic mass is 19.4. The summed E-state index contributed by atoms with van der Waals surface area (Å²) in [5.74, 6) is 0.659. The fourth-order valence-corrected chi connectivity index (χ4v) is 4.16.